The largest absolute Gasteiger partial charge is 0.304 e. The molecule has 4 aromatic rings. The van der Waals surface area contributed by atoms with Crippen LogP contribution in [0.5, 0.6) is 0 Å². The number of likely N-dealkylation sites (N-methyl/N-ethyl adjacent to an activating group) is 2. The molecule has 0 spiro atoms. The van der Waals surface area contributed by atoms with E-state index in [1.54, 1.807) is 0 Å². The summed E-state index contributed by atoms with van der Waals surface area (Å²) in [5.41, 5.74) is 5.45. The Bertz CT molecular complexity index is 1240. The van der Waals surface area contributed by atoms with Gasteiger partial charge in [0.25, 0.3) is 0 Å². The van der Waals surface area contributed by atoms with Crippen molar-refractivity contribution in [2.75, 3.05) is 66.5 Å². The van der Waals surface area contributed by atoms with Crippen molar-refractivity contribution in [3.63, 3.8) is 0 Å². The molecule has 5 heteroatoms. The summed E-state index contributed by atoms with van der Waals surface area (Å²) in [7, 11) is 4.40. The molecule has 0 radical (unpaired) electrons. The molecule has 0 N–H and O–H groups in total. The Morgan fingerprint density at radius 2 is 0.707 bits per heavy atom. The lowest BCUT2D eigenvalue weighted by molar-refractivity contribution is 0.127. The monoisotopic (exact) mass is 566 g/mol. The highest BCUT2D eigenvalue weighted by Gasteiger charge is 2.26. The molecule has 2 heterocycles. The topological polar surface area (TPSA) is 13.0 Å². The summed E-state index contributed by atoms with van der Waals surface area (Å²) >= 11 is 6.05. The second kappa shape index (κ2) is 14.8. The second-order valence-electron chi connectivity index (χ2n) is 11.3. The number of rotatable bonds is 6. The van der Waals surface area contributed by atoms with E-state index in [0.717, 1.165) is 57.4 Å². The van der Waals surface area contributed by atoms with Gasteiger partial charge >= 0.3 is 0 Å². The Kier molecular flexibility index (Phi) is 10.6. The molecule has 0 amide bonds. The number of hydrogen-bond acceptors (Lipinski definition) is 4. The molecule has 0 saturated carbocycles. The van der Waals surface area contributed by atoms with Crippen LogP contribution in [0.2, 0.25) is 5.02 Å². The Hall–Kier alpha value is -2.99. The highest BCUT2D eigenvalue weighted by molar-refractivity contribution is 6.30. The average molecular weight is 567 g/mol. The average Bonchev–Trinajstić information content (AvgIpc) is 3.02. The van der Waals surface area contributed by atoms with Crippen molar-refractivity contribution in [2.45, 2.75) is 12.1 Å². The first-order chi connectivity index (χ1) is 20.1. The Labute approximate surface area is 251 Å². The molecule has 4 aromatic carbocycles. The molecular formula is C36H43ClN4. The number of nitrogens with zero attached hydrogens (tertiary/aromatic N) is 4. The number of halogens is 1. The minimum atomic E-state index is 0.317. The maximum Gasteiger partial charge on any atom is 0.0602 e. The maximum atomic E-state index is 6.05. The van der Waals surface area contributed by atoms with Crippen molar-refractivity contribution in [1.29, 1.82) is 0 Å². The first-order valence-corrected chi connectivity index (χ1v) is 15.2. The predicted molar refractivity (Wildman–Crippen MR) is 173 cm³/mol. The Morgan fingerprint density at radius 3 is 1.02 bits per heavy atom. The molecule has 214 valence electrons. The van der Waals surface area contributed by atoms with Crippen LogP contribution in [-0.4, -0.2) is 86.1 Å². The summed E-state index contributed by atoms with van der Waals surface area (Å²) < 4.78 is 0. The lowest BCUT2D eigenvalue weighted by Gasteiger charge is -2.38. The van der Waals surface area contributed by atoms with Crippen LogP contribution in [0.1, 0.15) is 34.3 Å². The van der Waals surface area contributed by atoms with E-state index < -0.39 is 0 Å². The molecular weight excluding hydrogens is 524 g/mol. The van der Waals surface area contributed by atoms with Crippen LogP contribution >= 0.6 is 11.6 Å². The van der Waals surface area contributed by atoms with Crippen LogP contribution in [0.3, 0.4) is 0 Å². The highest BCUT2D eigenvalue weighted by atomic mass is 35.5. The summed E-state index contributed by atoms with van der Waals surface area (Å²) in [6, 6.07) is 41.5. The van der Waals surface area contributed by atoms with Gasteiger partial charge in [-0.3, -0.25) is 9.80 Å². The van der Waals surface area contributed by atoms with Gasteiger partial charge in [-0.05, 0) is 48.5 Å². The molecule has 0 aliphatic carbocycles. The predicted octanol–water partition coefficient (Wildman–Crippen LogP) is 6.70. The molecule has 2 fully saturated rings. The van der Waals surface area contributed by atoms with Gasteiger partial charge in [-0.2, -0.15) is 0 Å². The standard InChI is InChI=1S/C18H21ClN2.C18H22N2/c1-20-11-13-21(14-12-20)18(15-5-3-2-4-6-15)16-7-9-17(19)10-8-16;1-19-12-14-20(15-13-19)18(16-8-4-2-5-9-16)17-10-6-3-7-11-17/h2-10,18H,11-14H2,1H3;2-11,18H,12-15H2,1H3. The fourth-order valence-electron chi connectivity index (χ4n) is 5.94. The zero-order valence-corrected chi connectivity index (χ0v) is 25.2. The third-order valence-electron chi connectivity index (χ3n) is 8.34. The smallest absolute Gasteiger partial charge is 0.0602 e. The quantitative estimate of drug-likeness (QED) is 0.257. The van der Waals surface area contributed by atoms with Gasteiger partial charge in [0.15, 0.2) is 0 Å². The van der Waals surface area contributed by atoms with E-state index in [1.807, 2.05) is 12.1 Å². The first kappa shape index (κ1) is 29.5. The zero-order chi connectivity index (χ0) is 28.4. The normalized spacial score (nSPS) is 18.0. The Morgan fingerprint density at radius 1 is 0.415 bits per heavy atom. The maximum absolute atomic E-state index is 6.05. The fourth-order valence-corrected chi connectivity index (χ4v) is 6.07. The number of hydrogen-bond donors (Lipinski definition) is 0. The van der Waals surface area contributed by atoms with Gasteiger partial charge in [0.2, 0.25) is 0 Å². The van der Waals surface area contributed by atoms with Gasteiger partial charge in [-0.25, -0.2) is 0 Å². The zero-order valence-electron chi connectivity index (χ0n) is 24.4. The summed E-state index contributed by atoms with van der Waals surface area (Å²) in [6.07, 6.45) is 0. The van der Waals surface area contributed by atoms with Crippen molar-refractivity contribution >= 4 is 11.6 Å². The summed E-state index contributed by atoms with van der Waals surface area (Å²) in [5.74, 6) is 0. The van der Waals surface area contributed by atoms with Crippen molar-refractivity contribution < 1.29 is 0 Å². The van der Waals surface area contributed by atoms with E-state index in [-0.39, 0.29) is 0 Å². The number of benzene rings is 4. The molecule has 41 heavy (non-hydrogen) atoms. The van der Waals surface area contributed by atoms with Crippen molar-refractivity contribution in [3.8, 4) is 0 Å². The summed E-state index contributed by atoms with van der Waals surface area (Å²) in [5, 5.41) is 0.795. The first-order valence-electron chi connectivity index (χ1n) is 14.8. The Balaban J connectivity index is 0.000000165. The van der Waals surface area contributed by atoms with E-state index in [1.165, 1.54) is 22.3 Å². The summed E-state index contributed by atoms with van der Waals surface area (Å²) in [4.78, 5) is 9.97. The highest BCUT2D eigenvalue weighted by Crippen LogP contribution is 2.31. The SMILES string of the molecule is CN1CCN(C(c2ccccc2)c2ccc(Cl)cc2)CC1.CN1CCN(C(c2ccccc2)c2ccccc2)CC1. The molecule has 6 rings (SSSR count). The van der Waals surface area contributed by atoms with Crippen LogP contribution in [0, 0.1) is 0 Å². The van der Waals surface area contributed by atoms with E-state index in [4.69, 9.17) is 11.6 Å². The van der Waals surface area contributed by atoms with Crippen LogP contribution in [-0.2, 0) is 0 Å². The van der Waals surface area contributed by atoms with Crippen LogP contribution < -0.4 is 0 Å². The van der Waals surface area contributed by atoms with Crippen LogP contribution in [0.4, 0.5) is 0 Å². The van der Waals surface area contributed by atoms with Gasteiger partial charge in [-0.15, -0.1) is 0 Å². The van der Waals surface area contributed by atoms with E-state index in [2.05, 4.69) is 137 Å². The molecule has 1 atom stereocenters. The van der Waals surface area contributed by atoms with Gasteiger partial charge < -0.3 is 9.80 Å². The third kappa shape index (κ3) is 8.06. The third-order valence-corrected chi connectivity index (χ3v) is 8.59. The summed E-state index contributed by atoms with van der Waals surface area (Å²) in [6.45, 7) is 8.99. The molecule has 2 aliphatic rings. The van der Waals surface area contributed by atoms with Crippen LogP contribution in [0.25, 0.3) is 0 Å². The van der Waals surface area contributed by atoms with Gasteiger partial charge in [0, 0.05) is 57.4 Å². The lowest BCUT2D eigenvalue weighted by Crippen LogP contribution is -2.46. The van der Waals surface area contributed by atoms with Gasteiger partial charge in [0.05, 0.1) is 12.1 Å². The minimum absolute atomic E-state index is 0.317. The van der Waals surface area contributed by atoms with Crippen LogP contribution in [0.15, 0.2) is 115 Å². The number of piperazine rings is 2. The molecule has 4 nitrogen and oxygen atoms in total. The van der Waals surface area contributed by atoms with Crippen molar-refractivity contribution in [1.82, 2.24) is 19.6 Å². The molecule has 2 aliphatic heterocycles. The fraction of sp³-hybridized carbons (Fsp3) is 0.333. The van der Waals surface area contributed by atoms with E-state index in [0.29, 0.717) is 12.1 Å². The van der Waals surface area contributed by atoms with Crippen molar-refractivity contribution in [2.24, 2.45) is 0 Å². The molecule has 0 bridgehead atoms. The molecule has 0 aromatic heterocycles. The van der Waals surface area contributed by atoms with E-state index >= 15 is 0 Å². The second-order valence-corrected chi connectivity index (χ2v) is 11.7. The van der Waals surface area contributed by atoms with Crippen molar-refractivity contribution in [3.05, 3.63) is 143 Å². The molecule has 2 saturated heterocycles. The van der Waals surface area contributed by atoms with E-state index in [9.17, 15) is 0 Å². The minimum Gasteiger partial charge on any atom is -0.304 e. The van der Waals surface area contributed by atoms with Gasteiger partial charge in [-0.1, -0.05) is 115 Å². The lowest BCUT2D eigenvalue weighted by atomic mass is 9.96. The van der Waals surface area contributed by atoms with Gasteiger partial charge in [0.1, 0.15) is 0 Å². The molecule has 1 unspecified atom stereocenters.